The van der Waals surface area contributed by atoms with Crippen molar-refractivity contribution in [3.63, 3.8) is 0 Å². The summed E-state index contributed by atoms with van der Waals surface area (Å²) in [5.41, 5.74) is 4.94. The molecule has 0 atom stereocenters. The molecule has 158 valence electrons. The molecule has 1 aromatic carbocycles. The number of carbonyl (C=O) groups is 1. The van der Waals surface area contributed by atoms with Crippen LogP contribution in [0.2, 0.25) is 0 Å². The van der Waals surface area contributed by atoms with E-state index < -0.39 is 0 Å². The fourth-order valence-electron chi connectivity index (χ4n) is 3.80. The van der Waals surface area contributed by atoms with Gasteiger partial charge in [-0.15, -0.1) is 0 Å². The Balaban J connectivity index is 1.96. The SMILES string of the molecule is CCOC(=O)C=C(C)C=Cc1ccc(C=C2CCCCCCCCCCC2)cc1. The van der Waals surface area contributed by atoms with Gasteiger partial charge in [0.2, 0.25) is 0 Å². The first-order valence-electron chi connectivity index (χ1n) is 11.5. The zero-order chi connectivity index (χ0) is 20.7. The summed E-state index contributed by atoms with van der Waals surface area (Å²) in [4.78, 5) is 11.5. The minimum Gasteiger partial charge on any atom is -0.463 e. The van der Waals surface area contributed by atoms with Gasteiger partial charge in [0.15, 0.2) is 0 Å². The van der Waals surface area contributed by atoms with E-state index in [0.29, 0.717) is 6.61 Å². The van der Waals surface area contributed by atoms with Gasteiger partial charge in [-0.2, -0.15) is 0 Å². The zero-order valence-electron chi connectivity index (χ0n) is 18.4. The normalized spacial score (nSPS) is 17.4. The Bertz CT molecular complexity index is 678. The van der Waals surface area contributed by atoms with Gasteiger partial charge >= 0.3 is 5.97 Å². The average molecular weight is 395 g/mol. The second-order valence-corrected chi connectivity index (χ2v) is 8.12. The Labute approximate surface area is 177 Å². The molecule has 0 heterocycles. The van der Waals surface area contributed by atoms with Gasteiger partial charge in [0.25, 0.3) is 0 Å². The molecule has 0 saturated heterocycles. The fourth-order valence-corrected chi connectivity index (χ4v) is 3.80. The quantitative estimate of drug-likeness (QED) is 0.288. The number of carbonyl (C=O) groups excluding carboxylic acids is 1. The Morgan fingerprint density at radius 2 is 1.38 bits per heavy atom. The molecule has 1 aliphatic rings. The second-order valence-electron chi connectivity index (χ2n) is 8.12. The second kappa shape index (κ2) is 14.0. The maximum atomic E-state index is 11.5. The van der Waals surface area contributed by atoms with Crippen molar-refractivity contribution in [1.29, 1.82) is 0 Å². The van der Waals surface area contributed by atoms with Gasteiger partial charge in [-0.3, -0.25) is 0 Å². The third-order valence-corrected chi connectivity index (χ3v) is 5.47. The van der Waals surface area contributed by atoms with Crippen molar-refractivity contribution in [3.05, 3.63) is 58.7 Å². The number of hydrogen-bond acceptors (Lipinski definition) is 2. The maximum Gasteiger partial charge on any atom is 0.330 e. The molecule has 0 unspecified atom stereocenters. The van der Waals surface area contributed by atoms with E-state index in [1.165, 1.54) is 82.3 Å². The van der Waals surface area contributed by atoms with Crippen LogP contribution in [0.15, 0.2) is 47.6 Å². The molecule has 0 spiro atoms. The third kappa shape index (κ3) is 10.3. The molecule has 2 nitrogen and oxygen atoms in total. The van der Waals surface area contributed by atoms with Gasteiger partial charge in [0.05, 0.1) is 6.61 Å². The highest BCUT2D eigenvalue weighted by atomic mass is 16.5. The lowest BCUT2D eigenvalue weighted by molar-refractivity contribution is -0.137. The third-order valence-electron chi connectivity index (χ3n) is 5.47. The molecule has 0 bridgehead atoms. The zero-order valence-corrected chi connectivity index (χ0v) is 18.4. The van der Waals surface area contributed by atoms with Gasteiger partial charge in [0, 0.05) is 6.08 Å². The van der Waals surface area contributed by atoms with Crippen LogP contribution in [0.25, 0.3) is 12.2 Å². The predicted molar refractivity (Wildman–Crippen MR) is 125 cm³/mol. The van der Waals surface area contributed by atoms with Gasteiger partial charge in [-0.05, 0) is 56.2 Å². The molecular weight excluding hydrogens is 356 g/mol. The minimum absolute atomic E-state index is 0.284. The molecule has 1 aliphatic carbocycles. The van der Waals surface area contributed by atoms with Gasteiger partial charge in [-0.1, -0.05) is 93.0 Å². The van der Waals surface area contributed by atoms with Crippen molar-refractivity contribution in [3.8, 4) is 0 Å². The number of rotatable bonds is 5. The highest BCUT2D eigenvalue weighted by Gasteiger charge is 2.02. The van der Waals surface area contributed by atoms with Crippen LogP contribution in [-0.2, 0) is 9.53 Å². The van der Waals surface area contributed by atoms with Gasteiger partial charge in [-0.25, -0.2) is 4.79 Å². The number of benzene rings is 1. The molecule has 0 radical (unpaired) electrons. The summed E-state index contributed by atoms with van der Waals surface area (Å²) in [5, 5.41) is 0. The molecule has 2 rings (SSSR count). The van der Waals surface area contributed by atoms with Crippen LogP contribution in [0.4, 0.5) is 0 Å². The lowest BCUT2D eigenvalue weighted by Crippen LogP contribution is -1.99. The minimum atomic E-state index is -0.284. The fraction of sp³-hybridized carbons (Fsp3) is 0.519. The van der Waals surface area contributed by atoms with Crippen LogP contribution in [0, 0.1) is 0 Å². The lowest BCUT2D eigenvalue weighted by Gasteiger charge is -2.10. The molecule has 1 saturated carbocycles. The van der Waals surface area contributed by atoms with E-state index in [-0.39, 0.29) is 5.97 Å². The molecule has 0 amide bonds. The Morgan fingerprint density at radius 3 is 1.93 bits per heavy atom. The first-order valence-corrected chi connectivity index (χ1v) is 11.5. The summed E-state index contributed by atoms with van der Waals surface area (Å²) in [5.74, 6) is -0.284. The Kier molecular flexibility index (Phi) is 11.2. The predicted octanol–water partition coefficient (Wildman–Crippen LogP) is 7.90. The van der Waals surface area contributed by atoms with Crippen molar-refractivity contribution < 1.29 is 9.53 Å². The molecule has 1 fully saturated rings. The van der Waals surface area contributed by atoms with Crippen molar-refractivity contribution in [1.82, 2.24) is 0 Å². The first kappa shape index (κ1) is 23.2. The molecule has 0 aliphatic heterocycles. The first-order chi connectivity index (χ1) is 14.2. The van der Waals surface area contributed by atoms with E-state index in [4.69, 9.17) is 4.74 Å². The molecule has 2 heteroatoms. The molecular formula is C27H38O2. The van der Waals surface area contributed by atoms with E-state index >= 15 is 0 Å². The molecule has 0 aromatic heterocycles. The smallest absolute Gasteiger partial charge is 0.330 e. The molecule has 0 N–H and O–H groups in total. The van der Waals surface area contributed by atoms with Crippen LogP contribution in [-0.4, -0.2) is 12.6 Å². The highest BCUT2D eigenvalue weighted by molar-refractivity contribution is 5.83. The van der Waals surface area contributed by atoms with Gasteiger partial charge in [0.1, 0.15) is 0 Å². The molecule has 1 aromatic rings. The van der Waals surface area contributed by atoms with E-state index in [0.717, 1.165) is 11.1 Å². The summed E-state index contributed by atoms with van der Waals surface area (Å²) in [6.45, 7) is 4.13. The number of ether oxygens (including phenoxy) is 1. The van der Waals surface area contributed by atoms with Crippen LogP contribution >= 0.6 is 0 Å². The lowest BCUT2D eigenvalue weighted by atomic mass is 9.96. The Morgan fingerprint density at radius 1 is 0.862 bits per heavy atom. The average Bonchev–Trinajstić information content (AvgIpc) is 2.69. The maximum absolute atomic E-state index is 11.5. The van der Waals surface area contributed by atoms with Crippen LogP contribution in [0.3, 0.4) is 0 Å². The number of esters is 1. The summed E-state index contributed by atoms with van der Waals surface area (Å²) < 4.78 is 4.94. The summed E-state index contributed by atoms with van der Waals surface area (Å²) in [6.07, 6.45) is 22.9. The number of hydrogen-bond donors (Lipinski definition) is 0. The monoisotopic (exact) mass is 394 g/mol. The van der Waals surface area contributed by atoms with E-state index in [2.05, 4.69) is 30.3 Å². The van der Waals surface area contributed by atoms with Crippen LogP contribution in [0.5, 0.6) is 0 Å². The van der Waals surface area contributed by atoms with Crippen molar-refractivity contribution in [2.45, 2.75) is 84.5 Å². The summed E-state index contributed by atoms with van der Waals surface area (Å²) in [6, 6.07) is 8.70. The van der Waals surface area contributed by atoms with Crippen molar-refractivity contribution in [2.24, 2.45) is 0 Å². The largest absolute Gasteiger partial charge is 0.463 e. The van der Waals surface area contributed by atoms with Crippen LogP contribution in [0.1, 0.15) is 95.6 Å². The van der Waals surface area contributed by atoms with E-state index in [1.807, 2.05) is 26.0 Å². The molecule has 29 heavy (non-hydrogen) atoms. The summed E-state index contributed by atoms with van der Waals surface area (Å²) in [7, 11) is 0. The van der Waals surface area contributed by atoms with E-state index in [1.54, 1.807) is 5.57 Å². The topological polar surface area (TPSA) is 26.3 Å². The van der Waals surface area contributed by atoms with Gasteiger partial charge < -0.3 is 4.74 Å². The standard InChI is InChI=1S/C27H38O2/c1-3-29-27(28)21-23(2)15-16-24-17-19-26(20-18-24)22-25-13-11-9-7-5-4-6-8-10-12-14-25/h15-22H,3-14H2,1-2H3. The van der Waals surface area contributed by atoms with E-state index in [9.17, 15) is 4.79 Å². The number of allylic oxidation sites excluding steroid dienone is 3. The van der Waals surface area contributed by atoms with Crippen molar-refractivity contribution >= 4 is 18.1 Å². The van der Waals surface area contributed by atoms with Crippen molar-refractivity contribution in [2.75, 3.05) is 6.61 Å². The van der Waals surface area contributed by atoms with Crippen LogP contribution < -0.4 is 0 Å². The Hall–Kier alpha value is -2.09. The highest BCUT2D eigenvalue weighted by Crippen LogP contribution is 2.23. The summed E-state index contributed by atoms with van der Waals surface area (Å²) >= 11 is 0.